The van der Waals surface area contributed by atoms with Gasteiger partial charge in [-0.15, -0.1) is 0 Å². The highest BCUT2D eigenvalue weighted by Gasteiger charge is 2.13. The van der Waals surface area contributed by atoms with Crippen molar-refractivity contribution >= 4 is 21.6 Å². The van der Waals surface area contributed by atoms with Crippen LogP contribution in [0, 0.1) is 6.57 Å². The molecule has 1 aromatic heterocycles. The van der Waals surface area contributed by atoms with E-state index < -0.39 is 0 Å². The molecule has 0 N–H and O–H groups in total. The van der Waals surface area contributed by atoms with Gasteiger partial charge in [-0.2, -0.15) is 5.10 Å². The SMILES string of the molecule is [C-]#[N+]c1cc(OCC)ccc1-c1c(Br)cnn1C. The molecule has 0 aliphatic carbocycles. The lowest BCUT2D eigenvalue weighted by Gasteiger charge is -2.09. The molecule has 18 heavy (non-hydrogen) atoms. The highest BCUT2D eigenvalue weighted by Crippen LogP contribution is 2.37. The Bertz CT molecular complexity index is 594. The minimum Gasteiger partial charge on any atom is -0.495 e. The molecule has 0 unspecified atom stereocenters. The maximum Gasteiger partial charge on any atom is 0.200 e. The van der Waals surface area contributed by atoms with E-state index in [9.17, 15) is 0 Å². The van der Waals surface area contributed by atoms with E-state index in [2.05, 4.69) is 25.9 Å². The summed E-state index contributed by atoms with van der Waals surface area (Å²) >= 11 is 3.45. The van der Waals surface area contributed by atoms with Gasteiger partial charge in [-0.05, 0) is 35.0 Å². The molecule has 0 fully saturated rings. The molecular formula is C13H12BrN3O. The van der Waals surface area contributed by atoms with Crippen molar-refractivity contribution in [2.24, 2.45) is 7.05 Å². The molecule has 4 nitrogen and oxygen atoms in total. The predicted octanol–water partition coefficient (Wildman–Crippen LogP) is 3.80. The van der Waals surface area contributed by atoms with Crippen molar-refractivity contribution in [2.45, 2.75) is 6.92 Å². The molecule has 0 bridgehead atoms. The maximum absolute atomic E-state index is 7.28. The Morgan fingerprint density at radius 2 is 2.28 bits per heavy atom. The highest BCUT2D eigenvalue weighted by atomic mass is 79.9. The Hall–Kier alpha value is -1.80. The Balaban J connectivity index is 2.56. The monoisotopic (exact) mass is 305 g/mol. The summed E-state index contributed by atoms with van der Waals surface area (Å²) < 4.78 is 8.02. The minimum atomic E-state index is 0.560. The van der Waals surface area contributed by atoms with Crippen molar-refractivity contribution in [3.05, 3.63) is 40.3 Å². The van der Waals surface area contributed by atoms with Crippen molar-refractivity contribution in [1.29, 1.82) is 0 Å². The van der Waals surface area contributed by atoms with Crippen molar-refractivity contribution in [3.63, 3.8) is 0 Å². The number of aryl methyl sites for hydroxylation is 1. The predicted molar refractivity (Wildman–Crippen MR) is 73.8 cm³/mol. The van der Waals surface area contributed by atoms with Crippen LogP contribution in [0.1, 0.15) is 6.92 Å². The fraction of sp³-hybridized carbons (Fsp3) is 0.231. The Kier molecular flexibility index (Phi) is 3.68. The van der Waals surface area contributed by atoms with Gasteiger partial charge in [-0.3, -0.25) is 4.68 Å². The molecule has 92 valence electrons. The van der Waals surface area contributed by atoms with Gasteiger partial charge in [0.15, 0.2) is 5.69 Å². The standard InChI is InChI=1S/C13H12BrN3O/c1-4-18-9-5-6-10(12(7-9)15-2)13-11(14)8-16-17(13)3/h5-8H,4H2,1,3H3. The van der Waals surface area contributed by atoms with E-state index >= 15 is 0 Å². The fourth-order valence-electron chi connectivity index (χ4n) is 1.77. The van der Waals surface area contributed by atoms with E-state index in [1.54, 1.807) is 16.9 Å². The van der Waals surface area contributed by atoms with Gasteiger partial charge in [-0.25, -0.2) is 4.85 Å². The Labute approximate surface area is 114 Å². The molecule has 0 atom stereocenters. The first-order valence-corrected chi connectivity index (χ1v) is 6.28. The quantitative estimate of drug-likeness (QED) is 0.808. The van der Waals surface area contributed by atoms with Crippen molar-refractivity contribution in [1.82, 2.24) is 9.78 Å². The van der Waals surface area contributed by atoms with Crippen LogP contribution >= 0.6 is 15.9 Å². The van der Waals surface area contributed by atoms with E-state index in [0.717, 1.165) is 15.7 Å². The molecule has 2 aromatic rings. The highest BCUT2D eigenvalue weighted by molar-refractivity contribution is 9.10. The van der Waals surface area contributed by atoms with Crippen LogP contribution in [0.25, 0.3) is 16.1 Å². The molecule has 1 heterocycles. The molecule has 0 aliphatic rings. The van der Waals surface area contributed by atoms with Crippen molar-refractivity contribution < 1.29 is 4.74 Å². The van der Waals surface area contributed by atoms with Crippen LogP contribution in [0.4, 0.5) is 5.69 Å². The number of halogens is 1. The van der Waals surface area contributed by atoms with Crippen LogP contribution in [0.15, 0.2) is 28.9 Å². The molecule has 2 rings (SSSR count). The van der Waals surface area contributed by atoms with E-state index in [1.165, 1.54) is 0 Å². The normalized spacial score (nSPS) is 10.1. The van der Waals surface area contributed by atoms with Gasteiger partial charge in [0.2, 0.25) is 0 Å². The van der Waals surface area contributed by atoms with E-state index in [0.29, 0.717) is 18.0 Å². The van der Waals surface area contributed by atoms with Crippen LogP contribution in [-0.4, -0.2) is 16.4 Å². The van der Waals surface area contributed by atoms with Gasteiger partial charge >= 0.3 is 0 Å². The zero-order chi connectivity index (χ0) is 13.1. The number of ether oxygens (including phenoxy) is 1. The summed E-state index contributed by atoms with van der Waals surface area (Å²) in [7, 11) is 1.85. The second-order valence-corrected chi connectivity index (χ2v) is 4.54. The molecule has 0 amide bonds. The zero-order valence-electron chi connectivity index (χ0n) is 10.1. The lowest BCUT2D eigenvalue weighted by Crippen LogP contribution is -1.95. The molecule has 0 aliphatic heterocycles. The third kappa shape index (κ3) is 2.24. The van der Waals surface area contributed by atoms with Gasteiger partial charge in [0.05, 0.1) is 29.5 Å². The average Bonchev–Trinajstić information content (AvgIpc) is 2.70. The third-order valence-corrected chi connectivity index (χ3v) is 3.13. The van der Waals surface area contributed by atoms with Gasteiger partial charge in [0, 0.05) is 12.6 Å². The number of nitrogens with zero attached hydrogens (tertiary/aromatic N) is 3. The van der Waals surface area contributed by atoms with Crippen molar-refractivity contribution in [2.75, 3.05) is 6.61 Å². The molecule has 0 saturated carbocycles. The Morgan fingerprint density at radius 3 is 2.83 bits per heavy atom. The van der Waals surface area contributed by atoms with Gasteiger partial charge in [-0.1, -0.05) is 6.07 Å². The number of hydrogen-bond acceptors (Lipinski definition) is 2. The summed E-state index contributed by atoms with van der Waals surface area (Å²) in [4.78, 5) is 3.56. The molecular weight excluding hydrogens is 294 g/mol. The zero-order valence-corrected chi connectivity index (χ0v) is 11.7. The second-order valence-electron chi connectivity index (χ2n) is 3.69. The van der Waals surface area contributed by atoms with E-state index in [1.807, 2.05) is 26.1 Å². The van der Waals surface area contributed by atoms with E-state index in [-0.39, 0.29) is 0 Å². The molecule has 0 saturated heterocycles. The average molecular weight is 306 g/mol. The lowest BCUT2D eigenvalue weighted by molar-refractivity contribution is 0.340. The number of benzene rings is 1. The fourth-order valence-corrected chi connectivity index (χ4v) is 2.34. The third-order valence-electron chi connectivity index (χ3n) is 2.55. The minimum absolute atomic E-state index is 0.560. The van der Waals surface area contributed by atoms with Crippen LogP contribution in [-0.2, 0) is 7.05 Å². The van der Waals surface area contributed by atoms with E-state index in [4.69, 9.17) is 11.3 Å². The largest absolute Gasteiger partial charge is 0.495 e. The van der Waals surface area contributed by atoms with Gasteiger partial charge in [0.25, 0.3) is 0 Å². The summed E-state index contributed by atoms with van der Waals surface area (Å²) in [5.41, 5.74) is 2.30. The number of aromatic nitrogens is 2. The smallest absolute Gasteiger partial charge is 0.200 e. The second kappa shape index (κ2) is 5.23. The first kappa shape index (κ1) is 12.7. The molecule has 1 aromatic carbocycles. The summed E-state index contributed by atoms with van der Waals surface area (Å²) in [6, 6.07) is 5.51. The summed E-state index contributed by atoms with van der Waals surface area (Å²) in [6.45, 7) is 9.79. The lowest BCUT2D eigenvalue weighted by atomic mass is 10.1. The number of rotatable bonds is 3. The molecule has 0 spiro atoms. The number of hydrogen-bond donors (Lipinski definition) is 0. The molecule has 0 radical (unpaired) electrons. The first-order valence-electron chi connectivity index (χ1n) is 5.49. The summed E-state index contributed by atoms with van der Waals surface area (Å²) in [6.07, 6.45) is 1.72. The Morgan fingerprint density at radius 1 is 1.50 bits per heavy atom. The van der Waals surface area contributed by atoms with Crippen LogP contribution in [0.3, 0.4) is 0 Å². The summed E-state index contributed by atoms with van der Waals surface area (Å²) in [5.74, 6) is 0.713. The first-order chi connectivity index (χ1) is 8.67. The van der Waals surface area contributed by atoms with Gasteiger partial charge < -0.3 is 4.74 Å². The van der Waals surface area contributed by atoms with Gasteiger partial charge in [0.1, 0.15) is 5.75 Å². The molecule has 5 heteroatoms. The van der Waals surface area contributed by atoms with Crippen LogP contribution < -0.4 is 4.74 Å². The topological polar surface area (TPSA) is 31.4 Å². The van der Waals surface area contributed by atoms with Crippen molar-refractivity contribution in [3.8, 4) is 17.0 Å². The van der Waals surface area contributed by atoms with Crippen LogP contribution in [0.2, 0.25) is 0 Å². The van der Waals surface area contributed by atoms with Crippen LogP contribution in [0.5, 0.6) is 5.75 Å². The maximum atomic E-state index is 7.28. The summed E-state index contributed by atoms with van der Waals surface area (Å²) in [5, 5.41) is 4.16.